The summed E-state index contributed by atoms with van der Waals surface area (Å²) in [4.78, 5) is 2.66. The van der Waals surface area contributed by atoms with Gasteiger partial charge in [0.2, 0.25) is 0 Å². The Morgan fingerprint density at radius 3 is 2.83 bits per heavy atom. The van der Waals surface area contributed by atoms with E-state index in [-0.39, 0.29) is 0 Å². The van der Waals surface area contributed by atoms with Crippen molar-refractivity contribution in [3.63, 3.8) is 0 Å². The average Bonchev–Trinajstić information content (AvgIpc) is 2.85. The predicted octanol–water partition coefficient (Wildman–Crippen LogP) is 3.74. The van der Waals surface area contributed by atoms with E-state index in [9.17, 15) is 0 Å². The van der Waals surface area contributed by atoms with Crippen molar-refractivity contribution in [2.45, 2.75) is 57.3 Å². The van der Waals surface area contributed by atoms with Crippen LogP contribution in [-0.2, 0) is 4.74 Å². The number of piperidine rings is 1. The van der Waals surface area contributed by atoms with E-state index < -0.39 is 0 Å². The van der Waals surface area contributed by atoms with Crippen molar-refractivity contribution in [3.8, 4) is 0 Å². The van der Waals surface area contributed by atoms with Crippen LogP contribution in [0, 0.1) is 0 Å². The second kappa shape index (κ2) is 5.41. The summed E-state index contributed by atoms with van der Waals surface area (Å²) in [5.74, 6) is 0. The number of fused-ring (bicyclic) bond motifs is 1. The third-order valence-corrected chi connectivity index (χ3v) is 4.36. The summed E-state index contributed by atoms with van der Waals surface area (Å²) in [5.41, 5.74) is 1.42. The highest BCUT2D eigenvalue weighted by Crippen LogP contribution is 2.39. The van der Waals surface area contributed by atoms with Gasteiger partial charge in [0.05, 0.1) is 12.6 Å². The van der Waals surface area contributed by atoms with Crippen LogP contribution in [-0.4, -0.2) is 23.8 Å². The smallest absolute Gasteiger partial charge is 0.111 e. The summed E-state index contributed by atoms with van der Waals surface area (Å²) < 4.78 is 6.03. The summed E-state index contributed by atoms with van der Waals surface area (Å²) >= 11 is 0. The lowest BCUT2D eigenvalue weighted by Gasteiger charge is -2.39. The van der Waals surface area contributed by atoms with Gasteiger partial charge in [-0.2, -0.15) is 0 Å². The molecule has 2 heterocycles. The minimum atomic E-state index is 0.375. The van der Waals surface area contributed by atoms with Gasteiger partial charge < -0.3 is 4.74 Å². The Kier molecular flexibility index (Phi) is 3.67. The molecule has 0 N–H and O–H groups in total. The van der Waals surface area contributed by atoms with Crippen molar-refractivity contribution in [2.24, 2.45) is 0 Å². The quantitative estimate of drug-likeness (QED) is 0.804. The van der Waals surface area contributed by atoms with E-state index in [2.05, 4.69) is 42.2 Å². The third-order valence-electron chi connectivity index (χ3n) is 4.36. The molecule has 2 fully saturated rings. The molecule has 18 heavy (non-hydrogen) atoms. The molecule has 0 aliphatic carbocycles. The molecule has 2 aliphatic rings. The highest BCUT2D eigenvalue weighted by molar-refractivity contribution is 5.20. The Morgan fingerprint density at radius 1 is 1.22 bits per heavy atom. The summed E-state index contributed by atoms with van der Waals surface area (Å²) in [6.07, 6.45) is 6.84. The van der Waals surface area contributed by atoms with Crippen LogP contribution >= 0.6 is 0 Å². The van der Waals surface area contributed by atoms with Crippen molar-refractivity contribution >= 4 is 0 Å². The lowest BCUT2D eigenvalue weighted by molar-refractivity contribution is -0.0283. The molecule has 0 radical (unpaired) electrons. The molecule has 0 saturated carbocycles. The Bertz CT molecular complexity index is 376. The SMILES string of the molecule is CCCC1CCCC2OCC(c3ccccc3)N12. The van der Waals surface area contributed by atoms with E-state index in [0.717, 1.165) is 12.6 Å². The molecule has 2 nitrogen and oxygen atoms in total. The number of hydrogen-bond donors (Lipinski definition) is 0. The van der Waals surface area contributed by atoms with E-state index >= 15 is 0 Å². The standard InChI is InChI=1S/C16H23NO/c1-2-7-14-10-6-11-16-17(14)15(12-18-16)13-8-4-3-5-9-13/h3-5,8-9,14-16H,2,6-7,10-12H2,1H3. The number of benzene rings is 1. The molecule has 3 rings (SSSR count). The molecule has 0 amide bonds. The maximum atomic E-state index is 6.03. The third kappa shape index (κ3) is 2.19. The molecular weight excluding hydrogens is 222 g/mol. The van der Waals surface area contributed by atoms with Crippen LogP contribution in [0.1, 0.15) is 50.6 Å². The van der Waals surface area contributed by atoms with Crippen molar-refractivity contribution in [2.75, 3.05) is 6.61 Å². The van der Waals surface area contributed by atoms with E-state index in [4.69, 9.17) is 4.74 Å². The Hall–Kier alpha value is -0.860. The van der Waals surface area contributed by atoms with Gasteiger partial charge in [-0.1, -0.05) is 43.7 Å². The minimum absolute atomic E-state index is 0.375. The zero-order chi connectivity index (χ0) is 12.4. The van der Waals surface area contributed by atoms with Crippen LogP contribution in [0.15, 0.2) is 30.3 Å². The first-order valence-electron chi connectivity index (χ1n) is 7.34. The van der Waals surface area contributed by atoms with Gasteiger partial charge in [0.25, 0.3) is 0 Å². The molecule has 0 aromatic heterocycles. The largest absolute Gasteiger partial charge is 0.361 e. The average molecular weight is 245 g/mol. The molecule has 1 aromatic rings. The molecule has 2 saturated heterocycles. The fraction of sp³-hybridized carbons (Fsp3) is 0.625. The van der Waals surface area contributed by atoms with Crippen LogP contribution in [0.4, 0.5) is 0 Å². The van der Waals surface area contributed by atoms with Crippen LogP contribution in [0.5, 0.6) is 0 Å². The normalized spacial score (nSPS) is 32.4. The summed E-state index contributed by atoms with van der Waals surface area (Å²) in [7, 11) is 0. The summed E-state index contributed by atoms with van der Waals surface area (Å²) in [6, 6.07) is 12.1. The topological polar surface area (TPSA) is 12.5 Å². The van der Waals surface area contributed by atoms with Crippen molar-refractivity contribution < 1.29 is 4.74 Å². The molecule has 2 heteroatoms. The second-order valence-electron chi connectivity index (χ2n) is 5.54. The molecule has 1 aromatic carbocycles. The van der Waals surface area contributed by atoms with Gasteiger partial charge in [-0.25, -0.2) is 0 Å². The Balaban J connectivity index is 1.83. The van der Waals surface area contributed by atoms with Crippen LogP contribution in [0.3, 0.4) is 0 Å². The maximum absolute atomic E-state index is 6.03. The highest BCUT2D eigenvalue weighted by atomic mass is 16.5. The second-order valence-corrected chi connectivity index (χ2v) is 5.54. The van der Waals surface area contributed by atoms with Crippen LogP contribution < -0.4 is 0 Å². The van der Waals surface area contributed by atoms with Crippen molar-refractivity contribution in [1.82, 2.24) is 4.90 Å². The lowest BCUT2D eigenvalue weighted by Crippen LogP contribution is -2.44. The summed E-state index contributed by atoms with van der Waals surface area (Å²) in [6.45, 7) is 3.16. The van der Waals surface area contributed by atoms with Gasteiger partial charge in [-0.3, -0.25) is 4.90 Å². The highest BCUT2D eigenvalue weighted by Gasteiger charge is 2.41. The fourth-order valence-corrected chi connectivity index (χ4v) is 3.54. The van der Waals surface area contributed by atoms with Crippen LogP contribution in [0.2, 0.25) is 0 Å². The molecule has 98 valence electrons. The maximum Gasteiger partial charge on any atom is 0.111 e. The van der Waals surface area contributed by atoms with E-state index in [0.29, 0.717) is 12.3 Å². The number of nitrogens with zero attached hydrogens (tertiary/aromatic N) is 1. The van der Waals surface area contributed by atoms with Gasteiger partial charge in [-0.05, 0) is 31.2 Å². The van der Waals surface area contributed by atoms with Gasteiger partial charge in [-0.15, -0.1) is 0 Å². The fourth-order valence-electron chi connectivity index (χ4n) is 3.54. The lowest BCUT2D eigenvalue weighted by atomic mass is 9.94. The zero-order valence-electron chi connectivity index (χ0n) is 11.2. The summed E-state index contributed by atoms with van der Waals surface area (Å²) in [5, 5.41) is 0. The molecule has 0 bridgehead atoms. The van der Waals surface area contributed by atoms with Gasteiger partial charge in [0.1, 0.15) is 6.23 Å². The number of ether oxygens (including phenoxy) is 1. The molecule has 3 atom stereocenters. The van der Waals surface area contributed by atoms with Crippen LogP contribution in [0.25, 0.3) is 0 Å². The Morgan fingerprint density at radius 2 is 2.06 bits per heavy atom. The Labute approximate surface area is 110 Å². The molecule has 2 aliphatic heterocycles. The molecule has 0 spiro atoms. The zero-order valence-corrected chi connectivity index (χ0v) is 11.2. The molecular formula is C16H23NO. The van der Waals surface area contributed by atoms with Gasteiger partial charge >= 0.3 is 0 Å². The number of hydrogen-bond acceptors (Lipinski definition) is 2. The first kappa shape index (κ1) is 12.2. The minimum Gasteiger partial charge on any atom is -0.361 e. The molecule has 3 unspecified atom stereocenters. The first-order chi connectivity index (χ1) is 8.90. The van der Waals surface area contributed by atoms with E-state index in [1.54, 1.807) is 0 Å². The van der Waals surface area contributed by atoms with Crippen molar-refractivity contribution in [3.05, 3.63) is 35.9 Å². The van der Waals surface area contributed by atoms with Gasteiger partial charge in [0, 0.05) is 6.04 Å². The predicted molar refractivity (Wildman–Crippen MR) is 73.3 cm³/mol. The van der Waals surface area contributed by atoms with Crippen molar-refractivity contribution in [1.29, 1.82) is 0 Å². The van der Waals surface area contributed by atoms with E-state index in [1.165, 1.54) is 37.7 Å². The monoisotopic (exact) mass is 245 g/mol. The first-order valence-corrected chi connectivity index (χ1v) is 7.34. The van der Waals surface area contributed by atoms with E-state index in [1.807, 2.05) is 0 Å². The number of rotatable bonds is 3. The van der Waals surface area contributed by atoms with Gasteiger partial charge in [0.15, 0.2) is 0 Å².